The molecule has 1 unspecified atom stereocenters. The second-order valence-electron chi connectivity index (χ2n) is 4.84. The topological polar surface area (TPSA) is 84.5 Å². The van der Waals surface area contributed by atoms with Gasteiger partial charge in [0.1, 0.15) is 0 Å². The zero-order valence-electron chi connectivity index (χ0n) is 11.6. The van der Waals surface area contributed by atoms with Gasteiger partial charge in [0, 0.05) is 6.54 Å². The SMILES string of the molecule is CCCCCCNC(N)=NCC1CCCS1(=O)=O.I. The molecule has 1 aliphatic rings. The zero-order chi connectivity index (χ0) is 13.4. The monoisotopic (exact) mass is 403 g/mol. The van der Waals surface area contributed by atoms with Crippen LogP contribution in [0.3, 0.4) is 0 Å². The number of rotatable bonds is 7. The Morgan fingerprint density at radius 1 is 1.37 bits per heavy atom. The summed E-state index contributed by atoms with van der Waals surface area (Å²) in [6.07, 6.45) is 6.18. The highest BCUT2D eigenvalue weighted by molar-refractivity contribution is 14.0. The lowest BCUT2D eigenvalue weighted by molar-refractivity contribution is 0.589. The number of nitrogens with two attached hydrogens (primary N) is 1. The summed E-state index contributed by atoms with van der Waals surface area (Å²) in [5, 5.41) is 2.70. The third-order valence-corrected chi connectivity index (χ3v) is 5.52. The number of halogens is 1. The summed E-state index contributed by atoms with van der Waals surface area (Å²) < 4.78 is 23.2. The van der Waals surface area contributed by atoms with E-state index in [1.807, 2.05) is 0 Å². The summed E-state index contributed by atoms with van der Waals surface area (Å²) in [7, 11) is -2.91. The number of aliphatic imine (C=N–C) groups is 1. The highest BCUT2D eigenvalue weighted by Gasteiger charge is 2.30. The van der Waals surface area contributed by atoms with Gasteiger partial charge in [-0.25, -0.2) is 8.42 Å². The van der Waals surface area contributed by atoms with Crippen molar-refractivity contribution in [2.24, 2.45) is 10.7 Å². The van der Waals surface area contributed by atoms with Gasteiger partial charge in [-0.3, -0.25) is 4.99 Å². The Bertz CT molecular complexity index is 371. The van der Waals surface area contributed by atoms with E-state index in [9.17, 15) is 8.42 Å². The Hall–Kier alpha value is -0.0500. The Morgan fingerprint density at radius 2 is 2.11 bits per heavy atom. The van der Waals surface area contributed by atoms with Crippen LogP contribution in [0.5, 0.6) is 0 Å². The first-order valence-corrected chi connectivity index (χ1v) is 8.53. The molecule has 0 radical (unpaired) electrons. The van der Waals surface area contributed by atoms with Crippen LogP contribution in [0.25, 0.3) is 0 Å². The van der Waals surface area contributed by atoms with Gasteiger partial charge in [0.2, 0.25) is 0 Å². The van der Waals surface area contributed by atoms with Crippen LogP contribution in [-0.2, 0) is 9.84 Å². The molecule has 1 rings (SSSR count). The summed E-state index contributed by atoms with van der Waals surface area (Å²) in [4.78, 5) is 4.12. The molecule has 0 saturated carbocycles. The van der Waals surface area contributed by atoms with Gasteiger partial charge < -0.3 is 11.1 Å². The molecule has 0 bridgehead atoms. The third-order valence-electron chi connectivity index (χ3n) is 3.26. The van der Waals surface area contributed by atoms with Crippen LogP contribution in [0.2, 0.25) is 0 Å². The Balaban J connectivity index is 0.00000324. The molecule has 19 heavy (non-hydrogen) atoms. The van der Waals surface area contributed by atoms with Crippen LogP contribution in [0, 0.1) is 0 Å². The quantitative estimate of drug-likeness (QED) is 0.293. The molecule has 7 heteroatoms. The van der Waals surface area contributed by atoms with E-state index in [4.69, 9.17) is 5.73 Å². The molecule has 0 amide bonds. The number of sulfone groups is 1. The summed E-state index contributed by atoms with van der Waals surface area (Å²) in [6, 6.07) is 0. The third kappa shape index (κ3) is 7.34. The van der Waals surface area contributed by atoms with E-state index >= 15 is 0 Å². The van der Waals surface area contributed by atoms with Crippen LogP contribution in [0.1, 0.15) is 45.4 Å². The lowest BCUT2D eigenvalue weighted by atomic mass is 10.2. The van der Waals surface area contributed by atoms with Crippen molar-refractivity contribution in [1.29, 1.82) is 0 Å². The second kappa shape index (κ2) is 9.79. The van der Waals surface area contributed by atoms with E-state index in [0.29, 0.717) is 18.3 Å². The minimum absolute atomic E-state index is 0. The maximum atomic E-state index is 11.6. The van der Waals surface area contributed by atoms with E-state index in [-0.39, 0.29) is 29.2 Å². The van der Waals surface area contributed by atoms with Crippen LogP contribution < -0.4 is 11.1 Å². The molecule has 1 aliphatic heterocycles. The molecular formula is C12H26IN3O2S. The Kier molecular flexibility index (Phi) is 9.77. The normalized spacial score (nSPS) is 21.9. The highest BCUT2D eigenvalue weighted by Crippen LogP contribution is 2.19. The van der Waals surface area contributed by atoms with E-state index in [1.54, 1.807) is 0 Å². The fourth-order valence-corrected chi connectivity index (χ4v) is 3.82. The molecule has 0 aromatic carbocycles. The second-order valence-corrected chi connectivity index (χ2v) is 7.25. The van der Waals surface area contributed by atoms with Gasteiger partial charge in [0.25, 0.3) is 0 Å². The summed E-state index contributed by atoms with van der Waals surface area (Å²) in [6.45, 7) is 3.29. The molecule has 1 fully saturated rings. The van der Waals surface area contributed by atoms with Crippen molar-refractivity contribution >= 4 is 39.8 Å². The lowest BCUT2D eigenvalue weighted by Crippen LogP contribution is -2.33. The molecule has 0 aromatic heterocycles. The number of unbranched alkanes of at least 4 members (excludes halogenated alkanes) is 3. The fraction of sp³-hybridized carbons (Fsp3) is 0.917. The molecule has 0 aliphatic carbocycles. The van der Waals surface area contributed by atoms with Crippen LogP contribution in [0.4, 0.5) is 0 Å². The first kappa shape index (κ1) is 18.9. The average Bonchev–Trinajstić information content (AvgIpc) is 2.65. The van der Waals surface area contributed by atoms with Crippen LogP contribution >= 0.6 is 24.0 Å². The Labute approximate surface area is 133 Å². The standard InChI is InChI=1S/C12H25N3O2S.HI/c1-2-3-4-5-8-14-12(13)15-10-11-7-6-9-18(11,16)17;/h11H,2-10H2,1H3,(H3,13,14,15);1H. The molecule has 1 saturated heterocycles. The molecule has 5 nitrogen and oxygen atoms in total. The lowest BCUT2D eigenvalue weighted by Gasteiger charge is -2.08. The molecule has 0 spiro atoms. The largest absolute Gasteiger partial charge is 0.370 e. The van der Waals surface area contributed by atoms with Crippen molar-refractivity contribution in [2.75, 3.05) is 18.8 Å². The number of nitrogens with one attached hydrogen (secondary N) is 1. The average molecular weight is 403 g/mol. The van der Waals surface area contributed by atoms with Crippen molar-refractivity contribution in [3.8, 4) is 0 Å². The molecule has 3 N–H and O–H groups in total. The smallest absolute Gasteiger partial charge is 0.188 e. The Morgan fingerprint density at radius 3 is 2.68 bits per heavy atom. The molecule has 0 aromatic rings. The summed E-state index contributed by atoms with van der Waals surface area (Å²) in [5.41, 5.74) is 5.70. The predicted molar refractivity (Wildman–Crippen MR) is 90.9 cm³/mol. The zero-order valence-corrected chi connectivity index (χ0v) is 14.7. The van der Waals surface area contributed by atoms with Crippen molar-refractivity contribution in [3.63, 3.8) is 0 Å². The van der Waals surface area contributed by atoms with Gasteiger partial charge in [-0.05, 0) is 19.3 Å². The fourth-order valence-electron chi connectivity index (χ4n) is 2.09. The minimum atomic E-state index is -2.91. The molecule has 1 heterocycles. The number of nitrogens with zero attached hydrogens (tertiary/aromatic N) is 1. The summed E-state index contributed by atoms with van der Waals surface area (Å²) in [5.74, 6) is 0.672. The van der Waals surface area contributed by atoms with E-state index in [1.165, 1.54) is 19.3 Å². The predicted octanol–water partition coefficient (Wildman–Crippen LogP) is 1.67. The molecular weight excluding hydrogens is 377 g/mol. The molecule has 1 atom stereocenters. The number of guanidine groups is 1. The van der Waals surface area contributed by atoms with Crippen molar-refractivity contribution in [1.82, 2.24) is 5.32 Å². The highest BCUT2D eigenvalue weighted by atomic mass is 127. The van der Waals surface area contributed by atoms with Crippen LogP contribution in [0.15, 0.2) is 4.99 Å². The van der Waals surface area contributed by atoms with Gasteiger partial charge in [0.05, 0.1) is 17.5 Å². The van der Waals surface area contributed by atoms with E-state index < -0.39 is 9.84 Å². The maximum Gasteiger partial charge on any atom is 0.188 e. The first-order chi connectivity index (χ1) is 8.56. The summed E-state index contributed by atoms with van der Waals surface area (Å²) >= 11 is 0. The van der Waals surface area contributed by atoms with Gasteiger partial charge in [0.15, 0.2) is 15.8 Å². The van der Waals surface area contributed by atoms with Gasteiger partial charge >= 0.3 is 0 Å². The van der Waals surface area contributed by atoms with Gasteiger partial charge in [-0.2, -0.15) is 0 Å². The number of hydrogen-bond donors (Lipinski definition) is 2. The van der Waals surface area contributed by atoms with Gasteiger partial charge in [-0.1, -0.05) is 26.2 Å². The number of hydrogen-bond acceptors (Lipinski definition) is 3. The van der Waals surface area contributed by atoms with Crippen LogP contribution in [-0.4, -0.2) is 38.5 Å². The van der Waals surface area contributed by atoms with Gasteiger partial charge in [-0.15, -0.1) is 24.0 Å². The first-order valence-electron chi connectivity index (χ1n) is 6.81. The van der Waals surface area contributed by atoms with Crippen molar-refractivity contribution < 1.29 is 8.42 Å². The molecule has 114 valence electrons. The minimum Gasteiger partial charge on any atom is -0.370 e. The van der Waals surface area contributed by atoms with Crippen molar-refractivity contribution in [3.05, 3.63) is 0 Å². The maximum absolute atomic E-state index is 11.6. The van der Waals surface area contributed by atoms with Crippen molar-refractivity contribution in [2.45, 2.75) is 50.7 Å². The van der Waals surface area contributed by atoms with E-state index in [0.717, 1.165) is 25.8 Å². The van der Waals surface area contributed by atoms with E-state index in [2.05, 4.69) is 17.2 Å².